The molecule has 37 heavy (non-hydrogen) atoms. The van der Waals surface area contributed by atoms with Gasteiger partial charge in [0.25, 0.3) is 0 Å². The minimum Gasteiger partial charge on any atom is -0.318 e. The Labute approximate surface area is 217 Å². The van der Waals surface area contributed by atoms with Gasteiger partial charge in [0.2, 0.25) is 0 Å². The van der Waals surface area contributed by atoms with Gasteiger partial charge in [0, 0.05) is 16.5 Å². The third-order valence-corrected chi connectivity index (χ3v) is 8.30. The fourth-order valence-corrected chi connectivity index (χ4v) is 6.40. The Morgan fingerprint density at radius 1 is 0.459 bits per heavy atom. The van der Waals surface area contributed by atoms with E-state index in [-0.39, 0.29) is 6.17 Å². The molecule has 0 fully saturated rings. The quantitative estimate of drug-likeness (QED) is 0.228. The predicted octanol–water partition coefficient (Wildman–Crippen LogP) is 9.82. The molecule has 2 heteroatoms. The summed E-state index contributed by atoms with van der Waals surface area (Å²) in [5.74, 6) is 0. The van der Waals surface area contributed by atoms with Crippen molar-refractivity contribution in [1.29, 1.82) is 0 Å². The van der Waals surface area contributed by atoms with Crippen LogP contribution in [-0.2, 0) is 0 Å². The number of hydrogen-bond donors (Lipinski definition) is 0. The summed E-state index contributed by atoms with van der Waals surface area (Å²) in [6, 6.07) is 38.0. The van der Waals surface area contributed by atoms with Crippen molar-refractivity contribution in [2.45, 2.75) is 33.9 Å². The molecule has 0 saturated carbocycles. The molecule has 1 aromatic heterocycles. The van der Waals surface area contributed by atoms with Crippen LogP contribution in [0.2, 0.25) is 0 Å². The second-order valence-corrected chi connectivity index (χ2v) is 10.3. The minimum absolute atomic E-state index is 0.105. The van der Waals surface area contributed by atoms with Crippen molar-refractivity contribution in [2.75, 3.05) is 4.90 Å². The van der Waals surface area contributed by atoms with Gasteiger partial charge in [-0.15, -0.1) is 0 Å². The Bertz CT molecular complexity index is 1940. The lowest BCUT2D eigenvalue weighted by Crippen LogP contribution is -2.21. The van der Waals surface area contributed by atoms with Gasteiger partial charge >= 0.3 is 0 Å². The van der Waals surface area contributed by atoms with Crippen LogP contribution in [0.15, 0.2) is 103 Å². The molecule has 0 saturated heterocycles. The summed E-state index contributed by atoms with van der Waals surface area (Å²) in [5.41, 5.74) is 9.03. The number of aromatic nitrogens is 1. The van der Waals surface area contributed by atoms with E-state index in [0.29, 0.717) is 0 Å². The average molecular weight is 479 g/mol. The molecule has 0 amide bonds. The monoisotopic (exact) mass is 478 g/mol. The summed E-state index contributed by atoms with van der Waals surface area (Å²) in [6.07, 6.45) is 0.105. The first-order valence-electron chi connectivity index (χ1n) is 13.1. The van der Waals surface area contributed by atoms with E-state index in [4.69, 9.17) is 0 Å². The van der Waals surface area contributed by atoms with Gasteiger partial charge < -0.3 is 9.47 Å². The lowest BCUT2D eigenvalue weighted by molar-refractivity contribution is 0.615. The summed E-state index contributed by atoms with van der Waals surface area (Å²) < 4.78 is 2.60. The molecule has 0 bridgehead atoms. The Hall–Kier alpha value is -4.30. The highest BCUT2D eigenvalue weighted by Gasteiger charge is 2.31. The Kier molecular flexibility index (Phi) is 4.81. The Morgan fingerprint density at radius 2 is 0.973 bits per heavy atom. The molecule has 6 aromatic rings. The maximum Gasteiger partial charge on any atom is 0.108 e. The fraction of sp³-hybridized carbons (Fsp3) is 0.143. The Balaban J connectivity index is 1.85. The molecule has 2 heterocycles. The number of benzene rings is 5. The molecule has 7 rings (SSSR count). The van der Waals surface area contributed by atoms with Crippen molar-refractivity contribution in [3.8, 4) is 0 Å². The van der Waals surface area contributed by atoms with Crippen LogP contribution in [0.4, 0.5) is 11.4 Å². The van der Waals surface area contributed by atoms with Crippen molar-refractivity contribution in [1.82, 2.24) is 4.57 Å². The van der Waals surface area contributed by atoms with Crippen molar-refractivity contribution in [3.63, 3.8) is 0 Å². The molecule has 0 radical (unpaired) electrons. The molecular formula is C35H30N2. The van der Waals surface area contributed by atoms with Crippen molar-refractivity contribution >= 4 is 54.7 Å². The summed E-state index contributed by atoms with van der Waals surface area (Å²) in [5, 5.41) is 7.68. The third kappa shape index (κ3) is 3.05. The maximum absolute atomic E-state index is 2.60. The zero-order valence-electron chi connectivity index (χ0n) is 21.8. The van der Waals surface area contributed by atoms with Gasteiger partial charge in [-0.25, -0.2) is 0 Å². The number of para-hydroxylation sites is 2. The molecular weight excluding hydrogens is 448 g/mol. The van der Waals surface area contributed by atoms with Crippen LogP contribution in [0.5, 0.6) is 0 Å². The molecule has 1 aliphatic heterocycles. The summed E-state index contributed by atoms with van der Waals surface area (Å²) >= 11 is 0. The molecule has 1 aliphatic rings. The van der Waals surface area contributed by atoms with Crippen molar-refractivity contribution in [3.05, 3.63) is 120 Å². The average Bonchev–Trinajstić information content (AvgIpc) is 3.23. The van der Waals surface area contributed by atoms with E-state index in [0.717, 1.165) is 0 Å². The van der Waals surface area contributed by atoms with Crippen molar-refractivity contribution in [2.24, 2.45) is 0 Å². The van der Waals surface area contributed by atoms with Crippen LogP contribution in [0.3, 0.4) is 0 Å². The van der Waals surface area contributed by atoms with E-state index in [2.05, 4.69) is 140 Å². The molecule has 0 N–H and O–H groups in total. The maximum atomic E-state index is 2.60. The lowest BCUT2D eigenvalue weighted by atomic mass is 9.99. The summed E-state index contributed by atoms with van der Waals surface area (Å²) in [4.78, 5) is 2.52. The first-order chi connectivity index (χ1) is 18.1. The third-order valence-electron chi connectivity index (χ3n) is 8.30. The first-order valence-corrected chi connectivity index (χ1v) is 13.1. The van der Waals surface area contributed by atoms with Crippen LogP contribution in [0.25, 0.3) is 43.4 Å². The fourth-order valence-electron chi connectivity index (χ4n) is 6.40. The molecule has 1 atom stereocenters. The molecule has 0 spiro atoms. The van der Waals surface area contributed by atoms with Crippen LogP contribution in [-0.4, -0.2) is 4.57 Å². The predicted molar refractivity (Wildman–Crippen MR) is 160 cm³/mol. The number of fused-ring (bicyclic) bond motifs is 7. The topological polar surface area (TPSA) is 8.17 Å². The number of aryl methyl sites for hydroxylation is 3. The SMILES string of the molecule is Cc1ccccc1N1c2cccc3c4ccccc4c4ccccc4c4ccc(C)c(C)c4n(c23)[C@@H]1C. The standard InChI is InChI=1S/C35H30N2/c1-22-20-21-31-29-16-9-7-14-27(29)26-13-6-8-15-28(26)30-17-11-19-33-35(30)37(34(31)24(22)3)25(4)36(33)32-18-10-5-12-23(32)2/h5-21,25H,1-4H3/t25-/m1/s1. The second-order valence-electron chi connectivity index (χ2n) is 10.3. The van der Waals surface area contributed by atoms with E-state index in [1.54, 1.807) is 0 Å². The molecule has 0 aliphatic carbocycles. The van der Waals surface area contributed by atoms with E-state index in [1.807, 2.05) is 0 Å². The van der Waals surface area contributed by atoms with E-state index in [9.17, 15) is 0 Å². The summed E-state index contributed by atoms with van der Waals surface area (Å²) in [6.45, 7) is 9.08. The van der Waals surface area contributed by atoms with E-state index < -0.39 is 0 Å². The zero-order chi connectivity index (χ0) is 25.3. The number of rotatable bonds is 1. The largest absolute Gasteiger partial charge is 0.318 e. The molecule has 5 aromatic carbocycles. The van der Waals surface area contributed by atoms with Crippen LogP contribution in [0, 0.1) is 20.8 Å². The normalized spacial score (nSPS) is 14.7. The van der Waals surface area contributed by atoms with E-state index >= 15 is 0 Å². The summed E-state index contributed by atoms with van der Waals surface area (Å²) in [7, 11) is 0. The highest BCUT2D eigenvalue weighted by Crippen LogP contribution is 2.47. The van der Waals surface area contributed by atoms with Crippen LogP contribution in [0.1, 0.15) is 29.8 Å². The smallest absolute Gasteiger partial charge is 0.108 e. The highest BCUT2D eigenvalue weighted by atomic mass is 15.3. The van der Waals surface area contributed by atoms with E-state index in [1.165, 1.54) is 71.4 Å². The zero-order valence-corrected chi connectivity index (χ0v) is 21.8. The van der Waals surface area contributed by atoms with Gasteiger partial charge in [0.15, 0.2) is 0 Å². The van der Waals surface area contributed by atoms with Crippen LogP contribution < -0.4 is 4.90 Å². The second kappa shape index (κ2) is 8.11. The van der Waals surface area contributed by atoms with Gasteiger partial charge in [-0.3, -0.25) is 0 Å². The molecule has 180 valence electrons. The van der Waals surface area contributed by atoms with Gasteiger partial charge in [-0.2, -0.15) is 0 Å². The lowest BCUT2D eigenvalue weighted by Gasteiger charge is -2.28. The van der Waals surface area contributed by atoms with Crippen molar-refractivity contribution < 1.29 is 0 Å². The number of anilines is 2. The van der Waals surface area contributed by atoms with Gasteiger partial charge in [0.05, 0.1) is 16.7 Å². The molecule has 0 unspecified atom stereocenters. The van der Waals surface area contributed by atoms with Crippen LogP contribution >= 0.6 is 0 Å². The molecule has 2 nitrogen and oxygen atoms in total. The highest BCUT2D eigenvalue weighted by molar-refractivity contribution is 6.21. The number of hydrogen-bond acceptors (Lipinski definition) is 1. The minimum atomic E-state index is 0.105. The van der Waals surface area contributed by atoms with Gasteiger partial charge in [-0.05, 0) is 78.1 Å². The number of nitrogens with zero attached hydrogens (tertiary/aromatic N) is 2. The van der Waals surface area contributed by atoms with Gasteiger partial charge in [0.1, 0.15) is 6.17 Å². The first kappa shape index (κ1) is 21.9. The Morgan fingerprint density at radius 3 is 1.62 bits per heavy atom. The van der Waals surface area contributed by atoms with Gasteiger partial charge in [-0.1, -0.05) is 91.0 Å².